The summed E-state index contributed by atoms with van der Waals surface area (Å²) in [5.41, 5.74) is 0.833. The number of carbonyl (C=O) groups is 1. The first-order valence-electron chi connectivity index (χ1n) is 7.57. The van der Waals surface area contributed by atoms with Gasteiger partial charge in [-0.15, -0.1) is 0 Å². The van der Waals surface area contributed by atoms with E-state index in [2.05, 4.69) is 4.98 Å². The average molecular weight is 273 g/mol. The maximum Gasteiger partial charge on any atom is 0.337 e. The van der Waals surface area contributed by atoms with E-state index in [0.29, 0.717) is 11.8 Å². The van der Waals surface area contributed by atoms with Crippen LogP contribution in [0.3, 0.4) is 0 Å². The smallest absolute Gasteiger partial charge is 0.337 e. The molecule has 0 aromatic carbocycles. The number of hydrogen-bond acceptors (Lipinski definition) is 2. The van der Waals surface area contributed by atoms with Gasteiger partial charge in [0.2, 0.25) is 0 Å². The SMILES string of the molecule is O=C(O)c1c[nH]c(=O)c(C2C3CC4CC(C3)CC2C4)c1. The van der Waals surface area contributed by atoms with Crippen LogP contribution in [0.4, 0.5) is 0 Å². The van der Waals surface area contributed by atoms with Crippen LogP contribution >= 0.6 is 0 Å². The number of aromatic nitrogens is 1. The van der Waals surface area contributed by atoms with Gasteiger partial charge in [-0.1, -0.05) is 0 Å². The molecule has 4 saturated carbocycles. The van der Waals surface area contributed by atoms with Crippen LogP contribution in [0.1, 0.15) is 53.9 Å². The van der Waals surface area contributed by atoms with Gasteiger partial charge in [0.1, 0.15) is 0 Å². The van der Waals surface area contributed by atoms with E-state index in [4.69, 9.17) is 5.11 Å². The highest BCUT2D eigenvalue weighted by atomic mass is 16.4. The van der Waals surface area contributed by atoms with Crippen molar-refractivity contribution in [1.82, 2.24) is 4.98 Å². The fourth-order valence-electron chi connectivity index (χ4n) is 5.31. The van der Waals surface area contributed by atoms with Gasteiger partial charge in [-0.2, -0.15) is 0 Å². The molecule has 0 atom stereocenters. The molecule has 0 unspecified atom stereocenters. The molecule has 0 spiro atoms. The molecule has 4 bridgehead atoms. The fraction of sp³-hybridized carbons (Fsp3) is 0.625. The van der Waals surface area contributed by atoms with Crippen LogP contribution in [0, 0.1) is 23.7 Å². The molecule has 4 fully saturated rings. The first-order valence-corrected chi connectivity index (χ1v) is 7.57. The Morgan fingerprint density at radius 2 is 1.70 bits per heavy atom. The number of hydrogen-bond donors (Lipinski definition) is 2. The third-order valence-corrected chi connectivity index (χ3v) is 5.76. The van der Waals surface area contributed by atoms with Crippen molar-refractivity contribution in [3.63, 3.8) is 0 Å². The van der Waals surface area contributed by atoms with Gasteiger partial charge < -0.3 is 10.1 Å². The number of aromatic carboxylic acids is 1. The van der Waals surface area contributed by atoms with Gasteiger partial charge in [0.15, 0.2) is 0 Å². The van der Waals surface area contributed by atoms with Crippen molar-refractivity contribution in [1.29, 1.82) is 0 Å². The minimum Gasteiger partial charge on any atom is -0.478 e. The summed E-state index contributed by atoms with van der Waals surface area (Å²) in [5, 5.41) is 9.13. The van der Waals surface area contributed by atoms with Crippen molar-refractivity contribution in [2.45, 2.75) is 38.0 Å². The molecular formula is C16H19NO3. The van der Waals surface area contributed by atoms with Crippen molar-refractivity contribution < 1.29 is 9.90 Å². The van der Waals surface area contributed by atoms with E-state index in [9.17, 15) is 9.59 Å². The Labute approximate surface area is 117 Å². The third-order valence-electron chi connectivity index (χ3n) is 5.76. The minimum atomic E-state index is -0.966. The molecule has 4 aliphatic rings. The van der Waals surface area contributed by atoms with Gasteiger partial charge in [0.05, 0.1) is 5.56 Å². The van der Waals surface area contributed by atoms with Gasteiger partial charge in [-0.3, -0.25) is 4.79 Å². The van der Waals surface area contributed by atoms with Crippen molar-refractivity contribution >= 4 is 5.97 Å². The summed E-state index contributed by atoms with van der Waals surface area (Å²) in [4.78, 5) is 25.9. The summed E-state index contributed by atoms with van der Waals surface area (Å²) in [6, 6.07) is 1.62. The summed E-state index contributed by atoms with van der Waals surface area (Å²) >= 11 is 0. The molecule has 4 heteroatoms. The van der Waals surface area contributed by atoms with E-state index in [1.807, 2.05) is 0 Å². The lowest BCUT2D eigenvalue weighted by Crippen LogP contribution is -2.45. The zero-order chi connectivity index (χ0) is 13.9. The number of carboxylic acid groups (broad SMARTS) is 1. The number of H-pyrrole nitrogens is 1. The Morgan fingerprint density at radius 3 is 2.25 bits per heavy atom. The maximum absolute atomic E-state index is 12.2. The molecule has 4 nitrogen and oxygen atoms in total. The molecular weight excluding hydrogens is 254 g/mol. The van der Waals surface area contributed by atoms with E-state index < -0.39 is 5.97 Å². The molecule has 0 saturated heterocycles. The van der Waals surface area contributed by atoms with Crippen molar-refractivity contribution in [3.8, 4) is 0 Å². The molecule has 5 rings (SSSR count). The number of carboxylic acids is 1. The van der Waals surface area contributed by atoms with Crippen LogP contribution < -0.4 is 5.56 Å². The van der Waals surface area contributed by atoms with Crippen LogP contribution in [-0.2, 0) is 0 Å². The highest BCUT2D eigenvalue weighted by Crippen LogP contribution is 2.59. The second-order valence-corrected chi connectivity index (χ2v) is 6.93. The molecule has 20 heavy (non-hydrogen) atoms. The van der Waals surface area contributed by atoms with Crippen molar-refractivity contribution in [2.75, 3.05) is 0 Å². The summed E-state index contributed by atoms with van der Waals surface area (Å²) in [6.45, 7) is 0. The van der Waals surface area contributed by atoms with Crippen molar-refractivity contribution in [3.05, 3.63) is 33.7 Å². The first-order chi connectivity index (χ1) is 9.61. The van der Waals surface area contributed by atoms with E-state index in [0.717, 1.165) is 17.4 Å². The molecule has 1 aromatic rings. The standard InChI is InChI=1S/C16H19NO3/c18-15-13(6-12(7-17-15)16(19)20)14-10-2-8-1-9(4-10)5-11(14)3-8/h6-11,14H,1-5H2,(H,17,18)(H,19,20). The fourth-order valence-corrected chi connectivity index (χ4v) is 5.31. The second-order valence-electron chi connectivity index (χ2n) is 6.93. The Kier molecular flexibility index (Phi) is 2.56. The summed E-state index contributed by atoms with van der Waals surface area (Å²) in [6.07, 6.45) is 7.61. The molecule has 0 aliphatic heterocycles. The lowest BCUT2D eigenvalue weighted by atomic mass is 9.51. The average Bonchev–Trinajstić information content (AvgIpc) is 2.39. The monoisotopic (exact) mass is 273 g/mol. The normalized spacial score (nSPS) is 38.1. The summed E-state index contributed by atoms with van der Waals surface area (Å²) in [5.74, 6) is 2.22. The Balaban J connectivity index is 1.76. The predicted octanol–water partition coefficient (Wildman–Crippen LogP) is 2.61. The van der Waals surface area contributed by atoms with E-state index in [-0.39, 0.29) is 17.0 Å². The molecule has 1 heterocycles. The lowest BCUT2D eigenvalue weighted by molar-refractivity contribution is -0.00327. The second kappa shape index (κ2) is 4.21. The minimum absolute atomic E-state index is 0.0903. The van der Waals surface area contributed by atoms with Crippen molar-refractivity contribution in [2.24, 2.45) is 23.7 Å². The number of pyridine rings is 1. The highest BCUT2D eigenvalue weighted by molar-refractivity contribution is 5.87. The predicted molar refractivity (Wildman–Crippen MR) is 73.8 cm³/mol. The molecule has 2 N–H and O–H groups in total. The summed E-state index contributed by atoms with van der Waals surface area (Å²) < 4.78 is 0. The molecule has 0 radical (unpaired) electrons. The van der Waals surface area contributed by atoms with E-state index in [1.165, 1.54) is 38.3 Å². The number of nitrogens with one attached hydrogen (secondary N) is 1. The number of rotatable bonds is 2. The highest BCUT2D eigenvalue weighted by Gasteiger charge is 2.49. The molecule has 1 aromatic heterocycles. The van der Waals surface area contributed by atoms with Crippen LogP contribution in [0.25, 0.3) is 0 Å². The first kappa shape index (κ1) is 12.2. The quantitative estimate of drug-likeness (QED) is 0.870. The number of aromatic amines is 1. The molecule has 106 valence electrons. The van der Waals surface area contributed by atoms with Gasteiger partial charge in [0, 0.05) is 11.8 Å². The van der Waals surface area contributed by atoms with E-state index in [1.54, 1.807) is 6.07 Å². The van der Waals surface area contributed by atoms with Crippen LogP contribution in [-0.4, -0.2) is 16.1 Å². The zero-order valence-corrected chi connectivity index (χ0v) is 11.3. The molecule has 4 aliphatic carbocycles. The Bertz CT molecular complexity index is 590. The maximum atomic E-state index is 12.2. The van der Waals surface area contributed by atoms with Gasteiger partial charge in [0.25, 0.3) is 5.56 Å². The van der Waals surface area contributed by atoms with Gasteiger partial charge in [-0.05, 0) is 67.8 Å². The lowest BCUT2D eigenvalue weighted by Gasteiger charge is -2.54. The van der Waals surface area contributed by atoms with Crippen LogP contribution in [0.2, 0.25) is 0 Å². The van der Waals surface area contributed by atoms with Gasteiger partial charge >= 0.3 is 5.97 Å². The van der Waals surface area contributed by atoms with Gasteiger partial charge in [-0.25, -0.2) is 4.79 Å². The topological polar surface area (TPSA) is 70.2 Å². The third kappa shape index (κ3) is 1.74. The Hall–Kier alpha value is -1.58. The largest absolute Gasteiger partial charge is 0.478 e. The van der Waals surface area contributed by atoms with E-state index >= 15 is 0 Å². The summed E-state index contributed by atoms with van der Waals surface area (Å²) in [7, 11) is 0. The van der Waals surface area contributed by atoms with Crippen LogP contribution in [0.5, 0.6) is 0 Å². The molecule has 0 amide bonds. The Morgan fingerprint density at radius 1 is 1.10 bits per heavy atom. The zero-order valence-electron chi connectivity index (χ0n) is 11.3. The van der Waals surface area contributed by atoms with Crippen LogP contribution in [0.15, 0.2) is 17.1 Å².